The molecule has 1 aliphatic rings. The molecule has 0 saturated carbocycles. The third kappa shape index (κ3) is 1.88. The number of benzene rings is 3. The number of fused-ring (bicyclic) bond motifs is 3. The zero-order valence-electron chi connectivity index (χ0n) is 15.4. The number of aromatic nitrogens is 2. The number of Topliss-reactive ketones (excluding diaryl/α,β-unsaturated/α-hetero) is 2. The molecule has 0 aliphatic heterocycles. The second-order valence-electron chi connectivity index (χ2n) is 7.45. The number of rotatable bonds is 2. The molecule has 0 bridgehead atoms. The Balaban J connectivity index is 1.78. The predicted molar refractivity (Wildman–Crippen MR) is 112 cm³/mol. The van der Waals surface area contributed by atoms with E-state index in [2.05, 4.69) is 9.97 Å². The highest BCUT2D eigenvalue weighted by Crippen LogP contribution is 2.48. The molecular weight excluding hydrogens is 360 g/mol. The van der Waals surface area contributed by atoms with Gasteiger partial charge in [0.05, 0.1) is 0 Å². The normalized spacial score (nSPS) is 15.3. The molecule has 0 spiro atoms. The zero-order chi connectivity index (χ0) is 19.6. The number of carbonyl (C=O) groups excluding carboxylic acids is 2. The number of hydrogen-bond acceptors (Lipinski definition) is 2. The van der Waals surface area contributed by atoms with E-state index in [1.54, 1.807) is 12.1 Å². The van der Waals surface area contributed by atoms with E-state index in [9.17, 15) is 9.59 Å². The van der Waals surface area contributed by atoms with Gasteiger partial charge in [0.25, 0.3) is 0 Å². The maximum absolute atomic E-state index is 14.0. The molecule has 4 heteroatoms. The summed E-state index contributed by atoms with van der Waals surface area (Å²) in [5.41, 5.74) is 2.74. The Hall–Kier alpha value is -3.92. The van der Waals surface area contributed by atoms with Crippen LogP contribution in [0.1, 0.15) is 31.8 Å². The van der Waals surface area contributed by atoms with E-state index in [-0.39, 0.29) is 11.6 Å². The molecule has 138 valence electrons. The van der Waals surface area contributed by atoms with E-state index < -0.39 is 5.41 Å². The van der Waals surface area contributed by atoms with Crippen LogP contribution in [0.15, 0.2) is 85.2 Å². The van der Waals surface area contributed by atoms with Gasteiger partial charge < -0.3 is 9.97 Å². The summed E-state index contributed by atoms with van der Waals surface area (Å²) in [4.78, 5) is 34.4. The van der Waals surface area contributed by atoms with Gasteiger partial charge in [-0.25, -0.2) is 0 Å². The SMILES string of the molecule is O=C1c2ccccc2C(=O)C1(c1c[nH]c2ccccc12)c1c[nH]c2ccccc12. The first-order valence-electron chi connectivity index (χ1n) is 9.54. The standard InChI is InChI=1S/C25H16N2O2/c28-23-15-7-1-2-8-16(15)24(29)25(23,19-13-26-21-11-5-3-9-17(19)21)20-14-27-22-12-6-4-10-18(20)22/h1-14,26-27H. The first kappa shape index (κ1) is 16.1. The number of ketones is 2. The number of H-pyrrole nitrogens is 2. The van der Waals surface area contributed by atoms with Gasteiger partial charge in [0.15, 0.2) is 17.0 Å². The minimum Gasteiger partial charge on any atom is -0.361 e. The second kappa shape index (κ2) is 5.55. The summed E-state index contributed by atoms with van der Waals surface area (Å²) in [6.07, 6.45) is 3.63. The largest absolute Gasteiger partial charge is 0.361 e. The monoisotopic (exact) mass is 376 g/mol. The number of aromatic amines is 2. The van der Waals surface area contributed by atoms with Crippen LogP contribution in [0.5, 0.6) is 0 Å². The van der Waals surface area contributed by atoms with Crippen LogP contribution < -0.4 is 0 Å². The predicted octanol–water partition coefficient (Wildman–Crippen LogP) is 5.01. The van der Waals surface area contributed by atoms with Gasteiger partial charge in [0, 0.05) is 56.5 Å². The lowest BCUT2D eigenvalue weighted by molar-refractivity contribution is 0.0831. The molecule has 0 atom stereocenters. The molecule has 6 rings (SSSR count). The van der Waals surface area contributed by atoms with Crippen molar-refractivity contribution in [1.82, 2.24) is 9.97 Å². The van der Waals surface area contributed by atoms with E-state index in [4.69, 9.17) is 0 Å². The van der Waals surface area contributed by atoms with Gasteiger partial charge in [-0.1, -0.05) is 60.7 Å². The fourth-order valence-electron chi connectivity index (χ4n) is 4.78. The van der Waals surface area contributed by atoms with Crippen molar-refractivity contribution in [3.8, 4) is 0 Å². The van der Waals surface area contributed by atoms with E-state index in [0.717, 1.165) is 21.8 Å². The fourth-order valence-corrected chi connectivity index (χ4v) is 4.78. The van der Waals surface area contributed by atoms with Crippen LogP contribution in [0.2, 0.25) is 0 Å². The minimum absolute atomic E-state index is 0.174. The van der Waals surface area contributed by atoms with Gasteiger partial charge in [0.1, 0.15) is 0 Å². The zero-order valence-corrected chi connectivity index (χ0v) is 15.4. The van der Waals surface area contributed by atoms with Crippen molar-refractivity contribution < 1.29 is 9.59 Å². The summed E-state index contributed by atoms with van der Waals surface area (Å²) in [5.74, 6) is -0.347. The maximum Gasteiger partial charge on any atom is 0.186 e. The van der Waals surface area contributed by atoms with Crippen LogP contribution >= 0.6 is 0 Å². The Morgan fingerprint density at radius 2 is 0.966 bits per heavy atom. The summed E-state index contributed by atoms with van der Waals surface area (Å²) >= 11 is 0. The van der Waals surface area contributed by atoms with Gasteiger partial charge in [0.2, 0.25) is 0 Å². The summed E-state index contributed by atoms with van der Waals surface area (Å²) in [7, 11) is 0. The molecule has 2 heterocycles. The number of nitrogens with one attached hydrogen (secondary N) is 2. The first-order chi connectivity index (χ1) is 14.2. The minimum atomic E-state index is -1.41. The third-order valence-corrected chi connectivity index (χ3v) is 6.08. The lowest BCUT2D eigenvalue weighted by Crippen LogP contribution is -2.39. The Labute approximate surface area is 166 Å². The van der Waals surface area contributed by atoms with Gasteiger partial charge in [-0.2, -0.15) is 0 Å². The average Bonchev–Trinajstić information content (AvgIpc) is 3.44. The molecule has 2 aromatic heterocycles. The molecule has 0 radical (unpaired) electrons. The molecular formula is C25H16N2O2. The van der Waals surface area contributed by atoms with E-state index in [1.165, 1.54) is 0 Å². The van der Waals surface area contributed by atoms with Crippen LogP contribution in [0, 0.1) is 0 Å². The lowest BCUT2D eigenvalue weighted by Gasteiger charge is -2.26. The van der Waals surface area contributed by atoms with Crippen LogP contribution in [-0.4, -0.2) is 21.5 Å². The maximum atomic E-state index is 14.0. The highest BCUT2D eigenvalue weighted by Gasteiger charge is 2.57. The molecule has 5 aromatic rings. The molecule has 4 nitrogen and oxygen atoms in total. The van der Waals surface area contributed by atoms with Gasteiger partial charge in [-0.3, -0.25) is 9.59 Å². The van der Waals surface area contributed by atoms with Crippen molar-refractivity contribution in [3.05, 3.63) is 107 Å². The molecule has 0 amide bonds. The topological polar surface area (TPSA) is 65.7 Å². The number of para-hydroxylation sites is 2. The average molecular weight is 376 g/mol. The van der Waals surface area contributed by atoms with E-state index in [1.807, 2.05) is 73.1 Å². The van der Waals surface area contributed by atoms with Crippen molar-refractivity contribution in [2.24, 2.45) is 0 Å². The van der Waals surface area contributed by atoms with Crippen LogP contribution in [0.4, 0.5) is 0 Å². The molecule has 0 fully saturated rings. The first-order valence-corrected chi connectivity index (χ1v) is 9.54. The Bertz CT molecular complexity index is 1340. The number of carbonyl (C=O) groups is 2. The quantitative estimate of drug-likeness (QED) is 0.425. The van der Waals surface area contributed by atoms with Crippen molar-refractivity contribution in [2.45, 2.75) is 5.41 Å². The van der Waals surface area contributed by atoms with Crippen LogP contribution in [0.25, 0.3) is 21.8 Å². The molecule has 0 unspecified atom stereocenters. The Morgan fingerprint density at radius 1 is 0.552 bits per heavy atom. The molecule has 29 heavy (non-hydrogen) atoms. The van der Waals surface area contributed by atoms with Gasteiger partial charge in [-0.15, -0.1) is 0 Å². The van der Waals surface area contributed by atoms with E-state index in [0.29, 0.717) is 22.3 Å². The molecule has 0 saturated heterocycles. The highest BCUT2D eigenvalue weighted by atomic mass is 16.2. The lowest BCUT2D eigenvalue weighted by atomic mass is 9.70. The van der Waals surface area contributed by atoms with Crippen LogP contribution in [0.3, 0.4) is 0 Å². The Morgan fingerprint density at radius 3 is 1.45 bits per heavy atom. The Kier molecular flexibility index (Phi) is 3.08. The molecule has 1 aliphatic carbocycles. The van der Waals surface area contributed by atoms with Gasteiger partial charge >= 0.3 is 0 Å². The van der Waals surface area contributed by atoms with Gasteiger partial charge in [-0.05, 0) is 12.1 Å². The van der Waals surface area contributed by atoms with Crippen molar-refractivity contribution in [3.63, 3.8) is 0 Å². The second-order valence-corrected chi connectivity index (χ2v) is 7.45. The molecule has 2 N–H and O–H groups in total. The van der Waals surface area contributed by atoms with Crippen LogP contribution in [-0.2, 0) is 5.41 Å². The third-order valence-electron chi connectivity index (χ3n) is 6.08. The smallest absolute Gasteiger partial charge is 0.186 e. The van der Waals surface area contributed by atoms with E-state index >= 15 is 0 Å². The van der Waals surface area contributed by atoms with Crippen molar-refractivity contribution in [1.29, 1.82) is 0 Å². The van der Waals surface area contributed by atoms with Crippen molar-refractivity contribution in [2.75, 3.05) is 0 Å². The summed E-state index contributed by atoms with van der Waals surface area (Å²) < 4.78 is 0. The van der Waals surface area contributed by atoms with Crippen molar-refractivity contribution >= 4 is 33.4 Å². The summed E-state index contributed by atoms with van der Waals surface area (Å²) in [6, 6.07) is 22.7. The summed E-state index contributed by atoms with van der Waals surface area (Å²) in [5, 5.41) is 1.76. The fraction of sp³-hybridized carbons (Fsp3) is 0.0400. The highest BCUT2D eigenvalue weighted by molar-refractivity contribution is 6.37. The molecule has 3 aromatic carbocycles. The summed E-state index contributed by atoms with van der Waals surface area (Å²) in [6.45, 7) is 0. The number of hydrogen-bond donors (Lipinski definition) is 2.